The molecule has 0 saturated heterocycles. The Labute approximate surface area is 204 Å². The summed E-state index contributed by atoms with van der Waals surface area (Å²) in [6.07, 6.45) is 3.43. The molecule has 0 spiro atoms. The third kappa shape index (κ3) is 3.83. The molecule has 0 fully saturated rings. The van der Waals surface area contributed by atoms with Gasteiger partial charge in [-0.05, 0) is 46.9 Å². The summed E-state index contributed by atoms with van der Waals surface area (Å²) in [5.41, 5.74) is 7.42. The van der Waals surface area contributed by atoms with E-state index < -0.39 is 0 Å². The van der Waals surface area contributed by atoms with E-state index in [0.717, 1.165) is 39.4 Å². The van der Waals surface area contributed by atoms with Gasteiger partial charge in [-0.25, -0.2) is 0 Å². The predicted molar refractivity (Wildman–Crippen MR) is 136 cm³/mol. The summed E-state index contributed by atoms with van der Waals surface area (Å²) in [6.45, 7) is 6.28. The molecule has 0 saturated carbocycles. The molecule has 2 aromatic heterocycles. The van der Waals surface area contributed by atoms with E-state index in [-0.39, 0.29) is 12.0 Å². The zero-order chi connectivity index (χ0) is 23.9. The number of hydrogen-bond acceptors (Lipinski definition) is 5. The summed E-state index contributed by atoms with van der Waals surface area (Å²) in [6, 6.07) is 18.5. The van der Waals surface area contributed by atoms with Gasteiger partial charge in [0.2, 0.25) is 0 Å². The molecule has 6 rings (SSSR count). The maximum absolute atomic E-state index is 12.9. The summed E-state index contributed by atoms with van der Waals surface area (Å²) in [4.78, 5) is 17.0. The van der Waals surface area contributed by atoms with Crippen molar-refractivity contribution in [1.29, 1.82) is 0 Å². The second-order valence-corrected chi connectivity index (χ2v) is 9.31. The van der Waals surface area contributed by atoms with Gasteiger partial charge in [-0.2, -0.15) is 5.10 Å². The zero-order valence-corrected chi connectivity index (χ0v) is 19.8. The van der Waals surface area contributed by atoms with Gasteiger partial charge in [-0.15, -0.1) is 0 Å². The van der Waals surface area contributed by atoms with Gasteiger partial charge < -0.3 is 15.4 Å². The van der Waals surface area contributed by atoms with Crippen molar-refractivity contribution in [2.24, 2.45) is 0 Å². The van der Waals surface area contributed by atoms with Crippen LogP contribution in [0.4, 0.5) is 5.69 Å². The van der Waals surface area contributed by atoms with Crippen LogP contribution in [0.1, 0.15) is 47.5 Å². The first-order valence-electron chi connectivity index (χ1n) is 12.0. The van der Waals surface area contributed by atoms with Crippen molar-refractivity contribution < 1.29 is 9.53 Å². The van der Waals surface area contributed by atoms with Crippen molar-refractivity contribution in [3.8, 4) is 28.1 Å². The van der Waals surface area contributed by atoms with Crippen LogP contribution in [-0.4, -0.2) is 33.8 Å². The number of nitrogens with zero attached hydrogens (tertiary/aromatic N) is 3. The van der Waals surface area contributed by atoms with E-state index in [1.54, 1.807) is 12.4 Å². The Morgan fingerprint density at radius 2 is 1.80 bits per heavy atom. The number of aromatic nitrogens is 3. The largest absolute Gasteiger partial charge is 0.482 e. The SMILES string of the molecule is CC(C)c1ccc(C2CNc3cc(-c4c(-c5ccncc5)nn5c4C(=O)NCC5)ccc3O2)cc1. The molecule has 2 aliphatic heterocycles. The highest BCUT2D eigenvalue weighted by molar-refractivity contribution is 6.03. The monoisotopic (exact) mass is 465 g/mol. The number of rotatable bonds is 4. The van der Waals surface area contributed by atoms with Crippen molar-refractivity contribution in [2.45, 2.75) is 32.4 Å². The van der Waals surface area contributed by atoms with Crippen molar-refractivity contribution in [3.05, 3.63) is 83.8 Å². The van der Waals surface area contributed by atoms with Crippen LogP contribution in [0.5, 0.6) is 5.75 Å². The van der Waals surface area contributed by atoms with Gasteiger partial charge in [-0.3, -0.25) is 14.5 Å². The average molecular weight is 466 g/mol. The summed E-state index contributed by atoms with van der Waals surface area (Å²) in [5, 5.41) is 11.3. The smallest absolute Gasteiger partial charge is 0.270 e. The van der Waals surface area contributed by atoms with E-state index in [1.165, 1.54) is 5.56 Å². The molecule has 35 heavy (non-hydrogen) atoms. The minimum Gasteiger partial charge on any atom is -0.482 e. The quantitative estimate of drug-likeness (QED) is 0.442. The summed E-state index contributed by atoms with van der Waals surface area (Å²) >= 11 is 0. The number of hydrogen-bond donors (Lipinski definition) is 2. The molecule has 2 aliphatic rings. The second-order valence-electron chi connectivity index (χ2n) is 9.31. The molecule has 0 aliphatic carbocycles. The molecule has 1 atom stereocenters. The Hall–Kier alpha value is -4.13. The van der Waals surface area contributed by atoms with E-state index in [0.29, 0.717) is 31.2 Å². The van der Waals surface area contributed by atoms with Crippen LogP contribution in [0, 0.1) is 0 Å². The van der Waals surface area contributed by atoms with E-state index in [1.807, 2.05) is 28.9 Å². The Morgan fingerprint density at radius 1 is 1.00 bits per heavy atom. The van der Waals surface area contributed by atoms with Crippen molar-refractivity contribution in [2.75, 3.05) is 18.4 Å². The van der Waals surface area contributed by atoms with Crippen LogP contribution in [-0.2, 0) is 6.54 Å². The summed E-state index contributed by atoms with van der Waals surface area (Å²) in [7, 11) is 0. The highest BCUT2D eigenvalue weighted by Gasteiger charge is 2.29. The summed E-state index contributed by atoms with van der Waals surface area (Å²) in [5.74, 6) is 1.20. The second kappa shape index (κ2) is 8.58. The zero-order valence-electron chi connectivity index (χ0n) is 19.8. The minimum atomic E-state index is -0.106. The minimum absolute atomic E-state index is 0.0587. The molecule has 2 N–H and O–H groups in total. The highest BCUT2D eigenvalue weighted by Crippen LogP contribution is 2.41. The lowest BCUT2D eigenvalue weighted by Gasteiger charge is -2.28. The standard InChI is InChI=1S/C28H27N5O2/c1-17(2)18-3-5-19(6-4-18)24-16-31-22-15-21(7-8-23(22)35-24)25-26(20-9-11-29-12-10-20)32-33-14-13-30-28(34)27(25)33/h3-12,15,17,24,31H,13-14,16H2,1-2H3,(H,30,34). The van der Waals surface area contributed by atoms with E-state index in [9.17, 15) is 4.79 Å². The molecule has 1 unspecified atom stereocenters. The number of carbonyl (C=O) groups is 1. The Balaban J connectivity index is 1.36. The number of nitrogens with one attached hydrogen (secondary N) is 2. The fraction of sp³-hybridized carbons (Fsp3) is 0.250. The van der Waals surface area contributed by atoms with Crippen molar-refractivity contribution >= 4 is 11.6 Å². The lowest BCUT2D eigenvalue weighted by Crippen LogP contribution is -2.35. The molecule has 0 radical (unpaired) electrons. The number of anilines is 1. The Kier molecular flexibility index (Phi) is 5.25. The molecule has 4 aromatic rings. The number of ether oxygens (including phenoxy) is 1. The van der Waals surface area contributed by atoms with Gasteiger partial charge in [-0.1, -0.05) is 44.2 Å². The molecule has 1 amide bonds. The molecule has 7 heteroatoms. The van der Waals surface area contributed by atoms with Gasteiger partial charge in [0.15, 0.2) is 0 Å². The van der Waals surface area contributed by atoms with Gasteiger partial charge in [0.25, 0.3) is 5.91 Å². The molecular formula is C28H27N5O2. The number of amides is 1. The van der Waals surface area contributed by atoms with Gasteiger partial charge in [0.05, 0.1) is 18.8 Å². The molecule has 2 aromatic carbocycles. The van der Waals surface area contributed by atoms with Crippen molar-refractivity contribution in [3.63, 3.8) is 0 Å². The van der Waals surface area contributed by atoms with Crippen LogP contribution in [0.2, 0.25) is 0 Å². The van der Waals surface area contributed by atoms with Gasteiger partial charge in [0, 0.05) is 30.1 Å². The van der Waals surface area contributed by atoms with E-state index in [2.05, 4.69) is 59.8 Å². The highest BCUT2D eigenvalue weighted by atomic mass is 16.5. The van der Waals surface area contributed by atoms with E-state index in [4.69, 9.17) is 9.84 Å². The average Bonchev–Trinajstić information content (AvgIpc) is 3.30. The first-order chi connectivity index (χ1) is 17.1. The molecule has 0 bridgehead atoms. The van der Waals surface area contributed by atoms with Crippen LogP contribution in [0.25, 0.3) is 22.4 Å². The lowest BCUT2D eigenvalue weighted by molar-refractivity contribution is 0.0925. The summed E-state index contributed by atoms with van der Waals surface area (Å²) < 4.78 is 8.18. The van der Waals surface area contributed by atoms with Crippen LogP contribution < -0.4 is 15.4 Å². The lowest BCUT2D eigenvalue weighted by atomic mass is 9.97. The topological polar surface area (TPSA) is 81.1 Å². The van der Waals surface area contributed by atoms with Crippen molar-refractivity contribution in [1.82, 2.24) is 20.1 Å². The third-order valence-electron chi connectivity index (χ3n) is 6.72. The first kappa shape index (κ1) is 21.4. The maximum Gasteiger partial charge on any atom is 0.270 e. The van der Waals surface area contributed by atoms with Crippen LogP contribution >= 0.6 is 0 Å². The number of fused-ring (bicyclic) bond motifs is 2. The normalized spacial score (nSPS) is 16.7. The Morgan fingerprint density at radius 3 is 2.57 bits per heavy atom. The molecular weight excluding hydrogens is 438 g/mol. The fourth-order valence-corrected chi connectivity index (χ4v) is 4.80. The Bertz CT molecular complexity index is 1390. The number of carbonyl (C=O) groups excluding carboxylic acids is 1. The van der Waals surface area contributed by atoms with Gasteiger partial charge in [0.1, 0.15) is 23.2 Å². The fourth-order valence-electron chi connectivity index (χ4n) is 4.80. The third-order valence-corrected chi connectivity index (χ3v) is 6.72. The van der Waals surface area contributed by atoms with Crippen LogP contribution in [0.15, 0.2) is 67.0 Å². The molecule has 4 heterocycles. The predicted octanol–water partition coefficient (Wildman–Crippen LogP) is 5.02. The number of pyridine rings is 1. The molecule has 176 valence electrons. The number of benzene rings is 2. The van der Waals surface area contributed by atoms with E-state index >= 15 is 0 Å². The molecule has 7 nitrogen and oxygen atoms in total. The van der Waals surface area contributed by atoms with Gasteiger partial charge >= 0.3 is 0 Å². The van der Waals surface area contributed by atoms with Crippen LogP contribution in [0.3, 0.4) is 0 Å². The maximum atomic E-state index is 12.9. The first-order valence-corrected chi connectivity index (χ1v) is 12.0.